The molecular weight excluding hydrogens is 296 g/mol. The maximum absolute atomic E-state index is 11.4. The van der Waals surface area contributed by atoms with Gasteiger partial charge in [-0.15, -0.1) is 0 Å². The molecule has 1 N–H and O–H groups in total. The van der Waals surface area contributed by atoms with Gasteiger partial charge in [0.15, 0.2) is 15.6 Å². The van der Waals surface area contributed by atoms with Crippen LogP contribution in [0.15, 0.2) is 18.2 Å². The lowest BCUT2D eigenvalue weighted by Gasteiger charge is -2.10. The lowest BCUT2D eigenvalue weighted by molar-refractivity contribution is -0.385. The first-order valence-electron chi connectivity index (χ1n) is 6.75. The Labute approximate surface area is 124 Å². The Morgan fingerprint density at radius 1 is 1.33 bits per heavy atom. The Bertz CT molecular complexity index is 586. The van der Waals surface area contributed by atoms with Crippen LogP contribution in [0.1, 0.15) is 20.3 Å². The third-order valence-corrected chi connectivity index (χ3v) is 4.52. The highest BCUT2D eigenvalue weighted by Crippen LogP contribution is 2.34. The van der Waals surface area contributed by atoms with E-state index in [0.29, 0.717) is 6.61 Å². The average molecular weight is 316 g/mol. The molecule has 0 fully saturated rings. The Balaban J connectivity index is 2.88. The fraction of sp³-hybridized carbons (Fsp3) is 0.538. The van der Waals surface area contributed by atoms with E-state index in [2.05, 4.69) is 5.32 Å². The van der Waals surface area contributed by atoms with Crippen molar-refractivity contribution in [3.63, 3.8) is 0 Å². The maximum atomic E-state index is 11.4. The molecule has 0 aliphatic heterocycles. The van der Waals surface area contributed by atoms with Gasteiger partial charge in [-0.25, -0.2) is 8.42 Å². The van der Waals surface area contributed by atoms with Crippen LogP contribution in [0.25, 0.3) is 0 Å². The molecule has 8 heteroatoms. The van der Waals surface area contributed by atoms with E-state index in [-0.39, 0.29) is 35.2 Å². The zero-order chi connectivity index (χ0) is 15.9. The number of rotatable bonds is 9. The molecule has 0 bridgehead atoms. The number of nitro groups is 1. The molecule has 0 heterocycles. The van der Waals surface area contributed by atoms with E-state index >= 15 is 0 Å². The number of hydrogen-bond acceptors (Lipinski definition) is 6. The fourth-order valence-electron chi connectivity index (χ4n) is 1.67. The van der Waals surface area contributed by atoms with Gasteiger partial charge in [-0.3, -0.25) is 10.1 Å². The molecule has 0 aliphatic rings. The Morgan fingerprint density at radius 2 is 2.05 bits per heavy atom. The molecule has 0 radical (unpaired) electrons. The Kier molecular flexibility index (Phi) is 6.41. The minimum atomic E-state index is -3.11. The van der Waals surface area contributed by atoms with Crippen molar-refractivity contribution in [2.24, 2.45) is 0 Å². The average Bonchev–Trinajstić information content (AvgIpc) is 2.44. The van der Waals surface area contributed by atoms with Gasteiger partial charge in [0.05, 0.1) is 17.3 Å². The number of para-hydroxylation sites is 1. The first kappa shape index (κ1) is 17.2. The summed E-state index contributed by atoms with van der Waals surface area (Å²) in [5.41, 5.74) is 0.0970. The number of sulfone groups is 1. The highest BCUT2D eigenvalue weighted by atomic mass is 32.2. The normalized spacial score (nSPS) is 11.1. The van der Waals surface area contributed by atoms with E-state index in [1.54, 1.807) is 13.0 Å². The summed E-state index contributed by atoms with van der Waals surface area (Å²) in [6, 6.07) is 4.70. The van der Waals surface area contributed by atoms with Crippen LogP contribution < -0.4 is 10.1 Å². The standard InChI is InChI=1S/C13H20N2O5S/c1-3-9-20-12-7-5-6-11(13(12)15(16)17)14-8-10-21(18,19)4-2/h5-7,14H,3-4,8-10H2,1-2H3. The maximum Gasteiger partial charge on any atom is 0.333 e. The van der Waals surface area contributed by atoms with Crippen molar-refractivity contribution >= 4 is 21.2 Å². The SMILES string of the molecule is CCCOc1cccc(NCCS(=O)(=O)CC)c1[N+](=O)[O-]. The van der Waals surface area contributed by atoms with Gasteiger partial charge in [0.25, 0.3) is 0 Å². The first-order valence-corrected chi connectivity index (χ1v) is 8.58. The van der Waals surface area contributed by atoms with Gasteiger partial charge < -0.3 is 10.1 Å². The molecule has 1 aromatic rings. The van der Waals surface area contributed by atoms with Crippen LogP contribution in [0.4, 0.5) is 11.4 Å². The largest absolute Gasteiger partial charge is 0.487 e. The lowest BCUT2D eigenvalue weighted by Crippen LogP contribution is -2.17. The molecule has 7 nitrogen and oxygen atoms in total. The highest BCUT2D eigenvalue weighted by Gasteiger charge is 2.21. The second-order valence-electron chi connectivity index (χ2n) is 4.42. The van der Waals surface area contributed by atoms with Crippen molar-refractivity contribution in [3.8, 4) is 5.75 Å². The predicted octanol–water partition coefficient (Wildman–Crippen LogP) is 2.23. The van der Waals surface area contributed by atoms with E-state index in [0.717, 1.165) is 6.42 Å². The number of nitro benzene ring substituents is 1. The molecule has 0 saturated carbocycles. The second-order valence-corrected chi connectivity index (χ2v) is 6.89. The smallest absolute Gasteiger partial charge is 0.333 e. The zero-order valence-electron chi connectivity index (χ0n) is 12.2. The molecule has 21 heavy (non-hydrogen) atoms. The van der Waals surface area contributed by atoms with E-state index in [1.165, 1.54) is 12.1 Å². The van der Waals surface area contributed by atoms with E-state index in [4.69, 9.17) is 4.74 Å². The molecular formula is C13H20N2O5S. The third kappa shape index (κ3) is 5.22. The second kappa shape index (κ2) is 7.82. The summed E-state index contributed by atoms with van der Waals surface area (Å²) in [5.74, 6) is 0.169. The predicted molar refractivity (Wildman–Crippen MR) is 81.7 cm³/mol. The van der Waals surface area contributed by atoms with Crippen molar-refractivity contribution in [1.82, 2.24) is 0 Å². The lowest BCUT2D eigenvalue weighted by atomic mass is 10.2. The van der Waals surface area contributed by atoms with Crippen molar-refractivity contribution in [2.45, 2.75) is 20.3 Å². The topological polar surface area (TPSA) is 98.5 Å². The van der Waals surface area contributed by atoms with Crippen molar-refractivity contribution in [1.29, 1.82) is 0 Å². The van der Waals surface area contributed by atoms with Gasteiger partial charge in [0.2, 0.25) is 0 Å². The first-order chi connectivity index (χ1) is 9.91. The van der Waals surface area contributed by atoms with Crippen LogP contribution in [0.2, 0.25) is 0 Å². The summed E-state index contributed by atoms with van der Waals surface area (Å²) in [6.07, 6.45) is 0.740. The van der Waals surface area contributed by atoms with Gasteiger partial charge in [0, 0.05) is 12.3 Å². The Morgan fingerprint density at radius 3 is 2.62 bits per heavy atom. The van der Waals surface area contributed by atoms with Gasteiger partial charge in [-0.1, -0.05) is 19.9 Å². The molecule has 1 rings (SSSR count). The van der Waals surface area contributed by atoms with Crippen LogP contribution >= 0.6 is 0 Å². The summed E-state index contributed by atoms with van der Waals surface area (Å²) in [6.45, 7) is 3.98. The number of anilines is 1. The fourth-order valence-corrected chi connectivity index (χ4v) is 2.37. The molecule has 0 unspecified atom stereocenters. The van der Waals surface area contributed by atoms with Crippen LogP contribution in [-0.2, 0) is 9.84 Å². The number of hydrogen-bond donors (Lipinski definition) is 1. The molecule has 0 atom stereocenters. The molecule has 1 aromatic carbocycles. The molecule has 0 aromatic heterocycles. The summed E-state index contributed by atoms with van der Waals surface area (Å²) < 4.78 is 28.2. The minimum absolute atomic E-state index is 0.0520. The van der Waals surface area contributed by atoms with E-state index < -0.39 is 14.8 Å². The van der Waals surface area contributed by atoms with Gasteiger partial charge in [-0.05, 0) is 18.6 Å². The summed E-state index contributed by atoms with van der Waals surface area (Å²) >= 11 is 0. The van der Waals surface area contributed by atoms with Gasteiger partial charge in [0.1, 0.15) is 5.69 Å². The van der Waals surface area contributed by atoms with Crippen LogP contribution in [0.5, 0.6) is 5.75 Å². The number of ether oxygens (including phenoxy) is 1. The van der Waals surface area contributed by atoms with Crippen LogP contribution in [0.3, 0.4) is 0 Å². The van der Waals surface area contributed by atoms with E-state index in [9.17, 15) is 18.5 Å². The van der Waals surface area contributed by atoms with Crippen LogP contribution in [-0.4, -0.2) is 38.0 Å². The molecule has 0 amide bonds. The summed E-state index contributed by atoms with van der Waals surface area (Å²) in [4.78, 5) is 10.7. The number of benzene rings is 1. The van der Waals surface area contributed by atoms with E-state index in [1.807, 2.05) is 6.92 Å². The minimum Gasteiger partial charge on any atom is -0.487 e. The van der Waals surface area contributed by atoms with Crippen molar-refractivity contribution in [2.75, 3.05) is 30.0 Å². The monoisotopic (exact) mass is 316 g/mol. The highest BCUT2D eigenvalue weighted by molar-refractivity contribution is 7.91. The van der Waals surface area contributed by atoms with Gasteiger partial charge >= 0.3 is 5.69 Å². The van der Waals surface area contributed by atoms with Crippen molar-refractivity contribution < 1.29 is 18.1 Å². The summed E-state index contributed by atoms with van der Waals surface area (Å²) in [5, 5.41) is 14.0. The van der Waals surface area contributed by atoms with Crippen LogP contribution in [0, 0.1) is 10.1 Å². The quantitative estimate of drug-likeness (QED) is 0.554. The number of nitrogens with one attached hydrogen (secondary N) is 1. The zero-order valence-corrected chi connectivity index (χ0v) is 13.0. The molecule has 0 spiro atoms. The van der Waals surface area contributed by atoms with Crippen molar-refractivity contribution in [3.05, 3.63) is 28.3 Å². The molecule has 0 saturated heterocycles. The Hall–Kier alpha value is -1.83. The molecule has 0 aliphatic carbocycles. The number of nitrogens with zero attached hydrogens (tertiary/aromatic N) is 1. The third-order valence-electron chi connectivity index (χ3n) is 2.81. The molecule has 118 valence electrons. The van der Waals surface area contributed by atoms with Gasteiger partial charge in [-0.2, -0.15) is 0 Å². The summed E-state index contributed by atoms with van der Waals surface area (Å²) in [7, 11) is -3.11.